The fraction of sp³-hybridized carbons (Fsp3) is 0.533. The lowest BCUT2D eigenvalue weighted by Crippen LogP contribution is -2.39. The minimum absolute atomic E-state index is 0.0539. The maximum Gasteiger partial charge on any atom is 0.253 e. The Labute approximate surface area is 114 Å². The fourth-order valence-corrected chi connectivity index (χ4v) is 2.37. The second kappa shape index (κ2) is 7.26. The highest BCUT2D eigenvalue weighted by Gasteiger charge is 2.22. The molecule has 1 saturated heterocycles. The molecule has 2 atom stereocenters. The topological polar surface area (TPSA) is 50.4 Å². The number of benzene rings is 1. The average Bonchev–Trinajstić information content (AvgIpc) is 2.96. The first kappa shape index (κ1) is 14.0. The van der Waals surface area contributed by atoms with E-state index in [4.69, 9.17) is 4.74 Å². The van der Waals surface area contributed by atoms with Crippen molar-refractivity contribution in [1.29, 1.82) is 0 Å². The molecule has 1 amide bonds. The molecule has 1 aliphatic heterocycles. The van der Waals surface area contributed by atoms with Gasteiger partial charge >= 0.3 is 0 Å². The van der Waals surface area contributed by atoms with Gasteiger partial charge in [0, 0.05) is 19.2 Å². The van der Waals surface area contributed by atoms with Crippen molar-refractivity contribution in [2.45, 2.75) is 31.9 Å². The van der Waals surface area contributed by atoms with E-state index in [1.807, 2.05) is 37.3 Å². The Morgan fingerprint density at radius 1 is 1.47 bits per heavy atom. The van der Waals surface area contributed by atoms with Crippen molar-refractivity contribution in [2.24, 2.45) is 0 Å². The number of hydrogen-bond acceptors (Lipinski definition) is 3. The highest BCUT2D eigenvalue weighted by Crippen LogP contribution is 2.17. The molecule has 104 valence electrons. The quantitative estimate of drug-likeness (QED) is 0.819. The van der Waals surface area contributed by atoms with Gasteiger partial charge in [-0.2, -0.15) is 0 Å². The van der Waals surface area contributed by atoms with Crippen LogP contribution in [-0.2, 0) is 9.53 Å². The number of amides is 1. The van der Waals surface area contributed by atoms with Crippen molar-refractivity contribution in [3.63, 3.8) is 0 Å². The van der Waals surface area contributed by atoms with Crippen LogP contribution in [0.3, 0.4) is 0 Å². The van der Waals surface area contributed by atoms with E-state index in [9.17, 15) is 4.79 Å². The predicted octanol–water partition coefficient (Wildman–Crippen LogP) is 1.63. The Hall–Kier alpha value is -1.39. The zero-order valence-electron chi connectivity index (χ0n) is 11.4. The summed E-state index contributed by atoms with van der Waals surface area (Å²) in [6.07, 6.45) is 1.81. The minimum Gasteiger partial charge on any atom is -0.364 e. The summed E-state index contributed by atoms with van der Waals surface area (Å²) in [5.41, 5.74) is 0.904. The van der Waals surface area contributed by atoms with Crippen molar-refractivity contribution in [3.05, 3.63) is 35.9 Å². The molecule has 0 spiro atoms. The average molecular weight is 262 g/mol. The van der Waals surface area contributed by atoms with Gasteiger partial charge in [0.2, 0.25) is 0 Å². The van der Waals surface area contributed by atoms with E-state index in [-0.39, 0.29) is 5.91 Å². The largest absolute Gasteiger partial charge is 0.364 e. The van der Waals surface area contributed by atoms with Crippen LogP contribution in [0.1, 0.15) is 31.4 Å². The molecular weight excluding hydrogens is 240 g/mol. The van der Waals surface area contributed by atoms with Gasteiger partial charge in [0.05, 0.1) is 0 Å². The van der Waals surface area contributed by atoms with Crippen molar-refractivity contribution in [2.75, 3.05) is 19.7 Å². The van der Waals surface area contributed by atoms with Gasteiger partial charge in [0.1, 0.15) is 0 Å². The van der Waals surface area contributed by atoms with E-state index in [1.165, 1.54) is 6.42 Å². The second-order valence-electron chi connectivity index (χ2n) is 4.78. The number of ether oxygens (including phenoxy) is 1. The zero-order chi connectivity index (χ0) is 13.5. The van der Waals surface area contributed by atoms with E-state index in [2.05, 4.69) is 10.6 Å². The van der Waals surface area contributed by atoms with E-state index in [0.29, 0.717) is 19.2 Å². The van der Waals surface area contributed by atoms with Crippen LogP contribution in [0.4, 0.5) is 0 Å². The van der Waals surface area contributed by atoms with Crippen LogP contribution >= 0.6 is 0 Å². The molecule has 1 aromatic rings. The Kier molecular flexibility index (Phi) is 5.36. The minimum atomic E-state index is -0.507. The fourth-order valence-electron chi connectivity index (χ4n) is 2.37. The van der Waals surface area contributed by atoms with Crippen LogP contribution in [0, 0.1) is 0 Å². The Morgan fingerprint density at radius 3 is 2.89 bits per heavy atom. The summed E-state index contributed by atoms with van der Waals surface area (Å²) in [5, 5.41) is 6.35. The lowest BCUT2D eigenvalue weighted by atomic mass is 10.1. The van der Waals surface area contributed by atoms with Crippen LogP contribution in [0.2, 0.25) is 0 Å². The SMILES string of the molecule is CCOC(C(=O)NCC1CCCN1)c1ccccc1. The number of rotatable bonds is 6. The van der Waals surface area contributed by atoms with Gasteiger partial charge < -0.3 is 15.4 Å². The van der Waals surface area contributed by atoms with E-state index >= 15 is 0 Å². The molecule has 0 radical (unpaired) electrons. The van der Waals surface area contributed by atoms with Gasteiger partial charge in [0.15, 0.2) is 6.10 Å². The second-order valence-corrected chi connectivity index (χ2v) is 4.78. The number of hydrogen-bond donors (Lipinski definition) is 2. The highest BCUT2D eigenvalue weighted by atomic mass is 16.5. The molecule has 1 aliphatic rings. The van der Waals surface area contributed by atoms with Gasteiger partial charge in [-0.25, -0.2) is 0 Å². The summed E-state index contributed by atoms with van der Waals surface area (Å²) in [6.45, 7) is 4.15. The molecule has 1 heterocycles. The molecule has 1 aromatic carbocycles. The molecule has 2 unspecified atom stereocenters. The smallest absolute Gasteiger partial charge is 0.253 e. The standard InChI is InChI=1S/C15H22N2O2/c1-2-19-14(12-7-4-3-5-8-12)15(18)17-11-13-9-6-10-16-13/h3-5,7-8,13-14,16H,2,6,9-11H2,1H3,(H,17,18). The van der Waals surface area contributed by atoms with Gasteiger partial charge in [-0.15, -0.1) is 0 Å². The Bertz CT molecular complexity index is 388. The van der Waals surface area contributed by atoms with Gasteiger partial charge in [0.25, 0.3) is 5.91 Å². The van der Waals surface area contributed by atoms with Crippen molar-refractivity contribution in [1.82, 2.24) is 10.6 Å². The monoisotopic (exact) mass is 262 g/mol. The van der Waals surface area contributed by atoms with Crippen LogP contribution < -0.4 is 10.6 Å². The molecule has 4 nitrogen and oxygen atoms in total. The summed E-state index contributed by atoms with van der Waals surface area (Å²) >= 11 is 0. The first-order valence-corrected chi connectivity index (χ1v) is 6.99. The van der Waals surface area contributed by atoms with Crippen LogP contribution in [0.25, 0.3) is 0 Å². The molecular formula is C15H22N2O2. The molecule has 2 rings (SSSR count). The Balaban J connectivity index is 1.92. The number of nitrogens with one attached hydrogen (secondary N) is 2. The van der Waals surface area contributed by atoms with E-state index in [1.54, 1.807) is 0 Å². The maximum atomic E-state index is 12.2. The number of carbonyl (C=O) groups is 1. The first-order chi connectivity index (χ1) is 9.31. The van der Waals surface area contributed by atoms with Gasteiger partial charge in [-0.1, -0.05) is 30.3 Å². The molecule has 19 heavy (non-hydrogen) atoms. The van der Waals surface area contributed by atoms with Gasteiger partial charge in [-0.05, 0) is 31.9 Å². The molecule has 2 N–H and O–H groups in total. The summed E-state index contributed by atoms with van der Waals surface area (Å²) in [7, 11) is 0. The maximum absolute atomic E-state index is 12.2. The van der Waals surface area contributed by atoms with Crippen molar-refractivity contribution < 1.29 is 9.53 Å². The summed E-state index contributed by atoms with van der Waals surface area (Å²) < 4.78 is 5.57. The van der Waals surface area contributed by atoms with Crippen molar-refractivity contribution in [3.8, 4) is 0 Å². The van der Waals surface area contributed by atoms with Crippen LogP contribution in [0.15, 0.2) is 30.3 Å². The van der Waals surface area contributed by atoms with E-state index in [0.717, 1.165) is 18.5 Å². The third-order valence-electron chi connectivity index (χ3n) is 3.36. The molecule has 0 aliphatic carbocycles. The third-order valence-corrected chi connectivity index (χ3v) is 3.36. The molecule has 0 aromatic heterocycles. The van der Waals surface area contributed by atoms with Crippen LogP contribution in [0.5, 0.6) is 0 Å². The van der Waals surface area contributed by atoms with E-state index < -0.39 is 6.10 Å². The predicted molar refractivity (Wildman–Crippen MR) is 74.8 cm³/mol. The number of carbonyl (C=O) groups excluding carboxylic acids is 1. The van der Waals surface area contributed by atoms with Gasteiger partial charge in [-0.3, -0.25) is 4.79 Å². The lowest BCUT2D eigenvalue weighted by Gasteiger charge is -2.19. The lowest BCUT2D eigenvalue weighted by molar-refractivity contribution is -0.133. The highest BCUT2D eigenvalue weighted by molar-refractivity contribution is 5.82. The molecule has 1 fully saturated rings. The summed E-state index contributed by atoms with van der Waals surface area (Å²) in [6, 6.07) is 10.0. The first-order valence-electron chi connectivity index (χ1n) is 6.99. The van der Waals surface area contributed by atoms with Crippen molar-refractivity contribution >= 4 is 5.91 Å². The molecule has 0 bridgehead atoms. The third kappa shape index (κ3) is 4.04. The Morgan fingerprint density at radius 2 is 2.26 bits per heavy atom. The zero-order valence-corrected chi connectivity index (χ0v) is 11.4. The summed E-state index contributed by atoms with van der Waals surface area (Å²) in [5.74, 6) is -0.0539. The molecule has 4 heteroatoms. The summed E-state index contributed by atoms with van der Waals surface area (Å²) in [4.78, 5) is 12.2. The molecule has 0 saturated carbocycles. The normalized spacial score (nSPS) is 20.2. The van der Waals surface area contributed by atoms with Crippen LogP contribution in [-0.4, -0.2) is 31.6 Å².